The van der Waals surface area contributed by atoms with Gasteiger partial charge in [0.25, 0.3) is 5.91 Å². The van der Waals surface area contributed by atoms with Crippen LogP contribution in [-0.4, -0.2) is 47.4 Å². The minimum Gasteiger partial charge on any atom is -0.374 e. The first-order chi connectivity index (χ1) is 10.9. The molecule has 0 unspecified atom stereocenters. The van der Waals surface area contributed by atoms with Gasteiger partial charge >= 0.3 is 0 Å². The molecular formula is C18H31NO3S. The third kappa shape index (κ3) is 4.52. The van der Waals surface area contributed by atoms with Gasteiger partial charge in [-0.3, -0.25) is 10.0 Å². The summed E-state index contributed by atoms with van der Waals surface area (Å²) < 4.78 is 6.09. The van der Waals surface area contributed by atoms with E-state index in [2.05, 4.69) is 18.4 Å². The maximum Gasteiger partial charge on any atom is 0.251 e. The Morgan fingerprint density at radius 2 is 1.96 bits per heavy atom. The molecule has 1 amide bonds. The number of rotatable bonds is 8. The molecule has 2 fully saturated rings. The maximum atomic E-state index is 11.9. The maximum absolute atomic E-state index is 11.9. The van der Waals surface area contributed by atoms with Gasteiger partial charge in [-0.15, -0.1) is 0 Å². The summed E-state index contributed by atoms with van der Waals surface area (Å²) in [5.74, 6) is 2.34. The highest BCUT2D eigenvalue weighted by molar-refractivity contribution is 7.98. The van der Waals surface area contributed by atoms with E-state index in [-0.39, 0.29) is 5.91 Å². The van der Waals surface area contributed by atoms with Crippen LogP contribution in [0.5, 0.6) is 0 Å². The molecule has 0 saturated carbocycles. The highest BCUT2D eigenvalue weighted by atomic mass is 32.2. The van der Waals surface area contributed by atoms with Gasteiger partial charge < -0.3 is 4.74 Å². The van der Waals surface area contributed by atoms with Gasteiger partial charge in [0.15, 0.2) is 0 Å². The van der Waals surface area contributed by atoms with Gasteiger partial charge in [-0.2, -0.15) is 11.8 Å². The van der Waals surface area contributed by atoms with Gasteiger partial charge in [0, 0.05) is 12.5 Å². The highest BCUT2D eigenvalue weighted by Crippen LogP contribution is 2.46. The SMILES string of the molecule is CSC[C@@H]1[C@H](CC=CCCC(C)(C)C(=O)N(C)O)[C@@H]2CC[C@H]1O2. The summed E-state index contributed by atoms with van der Waals surface area (Å²) in [5.41, 5.74) is -0.523. The lowest BCUT2D eigenvalue weighted by molar-refractivity contribution is -0.169. The van der Waals surface area contributed by atoms with Crippen molar-refractivity contribution in [3.63, 3.8) is 0 Å². The van der Waals surface area contributed by atoms with E-state index in [1.807, 2.05) is 25.6 Å². The minimum absolute atomic E-state index is 0.229. The first kappa shape index (κ1) is 18.8. The van der Waals surface area contributed by atoms with E-state index in [9.17, 15) is 10.0 Å². The number of ether oxygens (including phenoxy) is 1. The van der Waals surface area contributed by atoms with Gasteiger partial charge in [0.2, 0.25) is 0 Å². The quantitative estimate of drug-likeness (QED) is 0.415. The summed E-state index contributed by atoms with van der Waals surface area (Å²) in [7, 11) is 1.39. The number of amides is 1. The zero-order valence-corrected chi connectivity index (χ0v) is 15.6. The lowest BCUT2D eigenvalue weighted by Crippen LogP contribution is -2.36. The largest absolute Gasteiger partial charge is 0.374 e. The van der Waals surface area contributed by atoms with E-state index in [4.69, 9.17) is 4.74 Å². The van der Waals surface area contributed by atoms with E-state index in [1.54, 1.807) is 0 Å². The van der Waals surface area contributed by atoms with Crippen molar-refractivity contribution in [2.75, 3.05) is 19.1 Å². The van der Waals surface area contributed by atoms with Gasteiger partial charge in [0.05, 0.1) is 12.2 Å². The van der Waals surface area contributed by atoms with Crippen molar-refractivity contribution in [2.24, 2.45) is 17.3 Å². The van der Waals surface area contributed by atoms with E-state index in [0.717, 1.165) is 19.3 Å². The average molecular weight is 342 g/mol. The minimum atomic E-state index is -0.523. The molecule has 2 heterocycles. The predicted octanol–water partition coefficient (Wildman–Crippen LogP) is 3.74. The third-order valence-corrected chi connectivity index (χ3v) is 6.05. The van der Waals surface area contributed by atoms with Gasteiger partial charge in [0.1, 0.15) is 0 Å². The second kappa shape index (κ2) is 8.04. The molecule has 2 bridgehead atoms. The fourth-order valence-electron chi connectivity index (χ4n) is 3.98. The molecule has 0 spiro atoms. The Bertz CT molecular complexity index is 436. The van der Waals surface area contributed by atoms with Gasteiger partial charge in [-0.05, 0) is 55.9 Å². The lowest BCUT2D eigenvalue weighted by atomic mass is 9.78. The Labute approximate surface area is 144 Å². The Balaban J connectivity index is 1.77. The number of hydroxylamine groups is 2. The normalized spacial score (nSPS) is 30.3. The predicted molar refractivity (Wildman–Crippen MR) is 94.6 cm³/mol. The highest BCUT2D eigenvalue weighted by Gasteiger charge is 2.47. The fraction of sp³-hybridized carbons (Fsp3) is 0.833. The topological polar surface area (TPSA) is 49.8 Å². The van der Waals surface area contributed by atoms with Crippen molar-refractivity contribution in [1.29, 1.82) is 0 Å². The number of nitrogens with zero attached hydrogens (tertiary/aromatic N) is 1. The van der Waals surface area contributed by atoms with Crippen molar-refractivity contribution in [3.8, 4) is 0 Å². The number of allylic oxidation sites excluding steroid dienone is 2. The number of fused-ring (bicyclic) bond motifs is 2. The van der Waals surface area contributed by atoms with E-state index in [1.165, 1.54) is 25.6 Å². The molecule has 0 aliphatic carbocycles. The van der Waals surface area contributed by atoms with Crippen molar-refractivity contribution in [1.82, 2.24) is 5.06 Å². The summed E-state index contributed by atoms with van der Waals surface area (Å²) >= 11 is 1.93. The summed E-state index contributed by atoms with van der Waals surface area (Å²) in [4.78, 5) is 11.9. The standard InChI is InChI=1S/C18H31NO3S/c1-18(2,17(20)19(3)21)11-7-5-6-8-13-14(12-23-4)16-10-9-15(13)22-16/h5-6,13-16,21H,7-12H2,1-4H3/t13-,14+,15-,16+/m0/s1. The number of thioether (sulfide) groups is 1. The average Bonchev–Trinajstić information content (AvgIpc) is 3.08. The molecule has 0 aromatic carbocycles. The molecule has 23 heavy (non-hydrogen) atoms. The first-order valence-electron chi connectivity index (χ1n) is 8.63. The van der Waals surface area contributed by atoms with Crippen LogP contribution in [-0.2, 0) is 9.53 Å². The van der Waals surface area contributed by atoms with E-state index in [0.29, 0.717) is 29.1 Å². The Kier molecular flexibility index (Phi) is 6.57. The van der Waals surface area contributed by atoms with Crippen molar-refractivity contribution >= 4 is 17.7 Å². The van der Waals surface area contributed by atoms with Gasteiger partial charge in [-0.25, -0.2) is 5.06 Å². The smallest absolute Gasteiger partial charge is 0.251 e. The number of hydrogen-bond acceptors (Lipinski definition) is 4. The van der Waals surface area contributed by atoms with E-state index < -0.39 is 5.41 Å². The van der Waals surface area contributed by atoms with Crippen LogP contribution in [0.4, 0.5) is 0 Å². The molecular weight excluding hydrogens is 310 g/mol. The van der Waals surface area contributed by atoms with Crippen LogP contribution in [0.1, 0.15) is 46.0 Å². The monoisotopic (exact) mass is 341 g/mol. The Morgan fingerprint density at radius 1 is 1.30 bits per heavy atom. The summed E-state index contributed by atoms with van der Waals surface area (Å²) in [5, 5.41) is 9.99. The summed E-state index contributed by atoms with van der Waals surface area (Å²) in [6.45, 7) is 3.77. The number of hydrogen-bond donors (Lipinski definition) is 1. The molecule has 0 radical (unpaired) electrons. The molecule has 0 aromatic rings. The van der Waals surface area contributed by atoms with Crippen molar-refractivity contribution < 1.29 is 14.7 Å². The van der Waals surface area contributed by atoms with Gasteiger partial charge in [-0.1, -0.05) is 26.0 Å². The summed E-state index contributed by atoms with van der Waals surface area (Å²) in [6.07, 6.45) is 12.7. The van der Waals surface area contributed by atoms with Crippen LogP contribution >= 0.6 is 11.8 Å². The Morgan fingerprint density at radius 3 is 2.57 bits per heavy atom. The molecule has 0 aromatic heterocycles. The third-order valence-electron chi connectivity index (χ3n) is 5.33. The molecule has 2 saturated heterocycles. The van der Waals surface area contributed by atoms with Crippen molar-refractivity contribution in [3.05, 3.63) is 12.2 Å². The fourth-order valence-corrected chi connectivity index (χ4v) is 4.83. The van der Waals surface area contributed by atoms with Crippen molar-refractivity contribution in [2.45, 2.75) is 58.2 Å². The second-order valence-corrected chi connectivity index (χ2v) is 8.44. The molecule has 1 N–H and O–H groups in total. The van der Waals surface area contributed by atoms with E-state index >= 15 is 0 Å². The zero-order chi connectivity index (χ0) is 17.0. The molecule has 4 nitrogen and oxygen atoms in total. The first-order valence-corrected chi connectivity index (χ1v) is 10.0. The lowest BCUT2D eigenvalue weighted by Gasteiger charge is -2.26. The number of carbonyl (C=O) groups is 1. The molecule has 5 heteroatoms. The zero-order valence-electron chi connectivity index (χ0n) is 14.8. The van der Waals surface area contributed by atoms with Crippen LogP contribution in [0.15, 0.2) is 12.2 Å². The molecule has 132 valence electrons. The number of carbonyl (C=O) groups excluding carboxylic acids is 1. The van der Waals surface area contributed by atoms with Crippen LogP contribution in [0.25, 0.3) is 0 Å². The molecule has 4 atom stereocenters. The second-order valence-electron chi connectivity index (χ2n) is 7.53. The van der Waals surface area contributed by atoms with Crippen LogP contribution < -0.4 is 0 Å². The molecule has 2 aliphatic rings. The Hall–Kier alpha value is -0.520. The summed E-state index contributed by atoms with van der Waals surface area (Å²) in [6, 6.07) is 0. The van der Waals surface area contributed by atoms with Crippen LogP contribution in [0.2, 0.25) is 0 Å². The van der Waals surface area contributed by atoms with Crippen LogP contribution in [0, 0.1) is 17.3 Å². The molecule has 2 rings (SSSR count). The van der Waals surface area contributed by atoms with Crippen LogP contribution in [0.3, 0.4) is 0 Å². The molecule has 2 aliphatic heterocycles.